The van der Waals surface area contributed by atoms with Crippen LogP contribution < -0.4 is 5.32 Å². The van der Waals surface area contributed by atoms with Crippen LogP contribution in [0.5, 0.6) is 0 Å². The number of fused-ring (bicyclic) bond motifs is 1. The number of anilines is 1. The van der Waals surface area contributed by atoms with Crippen molar-refractivity contribution < 1.29 is 27.5 Å². The summed E-state index contributed by atoms with van der Waals surface area (Å²) in [5.74, 6) is -1.53. The lowest BCUT2D eigenvalue weighted by molar-refractivity contribution is -0.138. The maximum atomic E-state index is 12.8. The lowest BCUT2D eigenvalue weighted by atomic mass is 10.0. The maximum Gasteiger partial charge on any atom is 0.418 e. The number of alkyl halides is 3. The average Bonchev–Trinajstić information content (AvgIpc) is 2.65. The van der Waals surface area contributed by atoms with Crippen molar-refractivity contribution in [3.63, 3.8) is 0 Å². The molecule has 1 aliphatic rings. The SMILES string of the molecule is CCOC(=O)C=C1C(=O)Nc2c1cccc2C(F)(F)F. The monoisotopic (exact) mass is 285 g/mol. The summed E-state index contributed by atoms with van der Waals surface area (Å²) in [5.41, 5.74) is -1.38. The van der Waals surface area contributed by atoms with Crippen LogP contribution in [0.1, 0.15) is 18.1 Å². The number of nitrogens with one attached hydrogen (secondary N) is 1. The first kappa shape index (κ1) is 14.1. The fraction of sp³-hybridized carbons (Fsp3) is 0.231. The van der Waals surface area contributed by atoms with Gasteiger partial charge in [0.1, 0.15) is 0 Å². The molecule has 1 aromatic carbocycles. The summed E-state index contributed by atoms with van der Waals surface area (Å²) < 4.78 is 43.1. The molecule has 0 unspecified atom stereocenters. The number of halogens is 3. The highest BCUT2D eigenvalue weighted by atomic mass is 19.4. The fourth-order valence-electron chi connectivity index (χ4n) is 1.90. The third kappa shape index (κ3) is 2.52. The molecule has 1 amide bonds. The Bertz CT molecular complexity index is 605. The van der Waals surface area contributed by atoms with Gasteiger partial charge in [-0.2, -0.15) is 13.2 Å². The van der Waals surface area contributed by atoms with Gasteiger partial charge >= 0.3 is 12.1 Å². The second-order valence-electron chi connectivity index (χ2n) is 3.99. The van der Waals surface area contributed by atoms with E-state index in [1.54, 1.807) is 6.92 Å². The largest absolute Gasteiger partial charge is 0.463 e. The van der Waals surface area contributed by atoms with Gasteiger partial charge in [0.25, 0.3) is 5.91 Å². The molecule has 1 N–H and O–H groups in total. The van der Waals surface area contributed by atoms with Crippen LogP contribution in [0.15, 0.2) is 24.3 Å². The lowest BCUT2D eigenvalue weighted by Gasteiger charge is -2.10. The molecule has 0 fully saturated rings. The van der Waals surface area contributed by atoms with E-state index in [0.29, 0.717) is 0 Å². The first-order chi connectivity index (χ1) is 9.34. The summed E-state index contributed by atoms with van der Waals surface area (Å²) in [6, 6.07) is 3.39. The first-order valence-corrected chi connectivity index (χ1v) is 5.75. The summed E-state index contributed by atoms with van der Waals surface area (Å²) in [6.07, 6.45) is -3.69. The Balaban J connectivity index is 2.50. The molecule has 1 aromatic rings. The average molecular weight is 285 g/mol. The summed E-state index contributed by atoms with van der Waals surface area (Å²) in [6.45, 7) is 1.69. The molecule has 7 heteroatoms. The van der Waals surface area contributed by atoms with Gasteiger partial charge < -0.3 is 10.1 Å². The molecule has 20 heavy (non-hydrogen) atoms. The van der Waals surface area contributed by atoms with E-state index in [4.69, 9.17) is 0 Å². The molecule has 0 saturated heterocycles. The van der Waals surface area contributed by atoms with Gasteiger partial charge in [-0.3, -0.25) is 4.79 Å². The summed E-state index contributed by atoms with van der Waals surface area (Å²) in [4.78, 5) is 23.0. The van der Waals surface area contributed by atoms with Crippen molar-refractivity contribution in [1.29, 1.82) is 0 Å². The Hall–Kier alpha value is -2.31. The van der Waals surface area contributed by atoms with Crippen molar-refractivity contribution >= 4 is 23.1 Å². The van der Waals surface area contributed by atoms with Crippen LogP contribution >= 0.6 is 0 Å². The van der Waals surface area contributed by atoms with Gasteiger partial charge in [0.15, 0.2) is 0 Å². The molecular formula is C13H10F3NO3. The number of esters is 1. The second-order valence-corrected chi connectivity index (χ2v) is 3.99. The molecule has 0 atom stereocenters. The highest BCUT2D eigenvalue weighted by Crippen LogP contribution is 2.42. The minimum atomic E-state index is -4.59. The zero-order chi connectivity index (χ0) is 14.9. The minimum absolute atomic E-state index is 0.0397. The predicted molar refractivity (Wildman–Crippen MR) is 64.7 cm³/mol. The Morgan fingerprint density at radius 3 is 2.70 bits per heavy atom. The van der Waals surface area contributed by atoms with E-state index in [9.17, 15) is 22.8 Å². The summed E-state index contributed by atoms with van der Waals surface area (Å²) >= 11 is 0. The van der Waals surface area contributed by atoms with E-state index >= 15 is 0 Å². The molecule has 4 nitrogen and oxygen atoms in total. The molecule has 0 aliphatic carbocycles. The van der Waals surface area contributed by atoms with Gasteiger partial charge in [0.05, 0.1) is 23.4 Å². The number of para-hydroxylation sites is 1. The lowest BCUT2D eigenvalue weighted by Crippen LogP contribution is -2.11. The maximum absolute atomic E-state index is 12.8. The number of hydrogen-bond donors (Lipinski definition) is 1. The van der Waals surface area contributed by atoms with E-state index in [-0.39, 0.29) is 23.4 Å². The third-order valence-corrected chi connectivity index (χ3v) is 2.69. The van der Waals surface area contributed by atoms with E-state index in [2.05, 4.69) is 10.1 Å². The molecule has 1 aliphatic heterocycles. The molecule has 0 aromatic heterocycles. The quantitative estimate of drug-likeness (QED) is 0.671. The number of amides is 1. The van der Waals surface area contributed by atoms with Crippen LogP contribution in [-0.2, 0) is 20.5 Å². The Morgan fingerprint density at radius 1 is 1.40 bits per heavy atom. The van der Waals surface area contributed by atoms with Gasteiger partial charge in [-0.05, 0) is 13.0 Å². The molecule has 2 rings (SSSR count). The Labute approximate surface area is 112 Å². The number of carbonyl (C=O) groups excluding carboxylic acids is 2. The molecule has 106 valence electrons. The van der Waals surface area contributed by atoms with Crippen molar-refractivity contribution in [1.82, 2.24) is 0 Å². The van der Waals surface area contributed by atoms with Crippen molar-refractivity contribution in [2.24, 2.45) is 0 Å². The van der Waals surface area contributed by atoms with E-state index in [0.717, 1.165) is 12.1 Å². The third-order valence-electron chi connectivity index (χ3n) is 2.69. The van der Waals surface area contributed by atoms with E-state index in [1.165, 1.54) is 12.1 Å². The van der Waals surface area contributed by atoms with Crippen LogP contribution in [0, 0.1) is 0 Å². The van der Waals surface area contributed by atoms with Gasteiger partial charge in [0.2, 0.25) is 0 Å². The number of rotatable bonds is 2. The van der Waals surface area contributed by atoms with Gasteiger partial charge in [0, 0.05) is 11.6 Å². The van der Waals surface area contributed by atoms with Crippen molar-refractivity contribution in [2.75, 3.05) is 11.9 Å². The first-order valence-electron chi connectivity index (χ1n) is 5.75. The molecule has 0 saturated carbocycles. The Morgan fingerprint density at radius 2 is 2.10 bits per heavy atom. The highest BCUT2D eigenvalue weighted by Gasteiger charge is 2.38. The van der Waals surface area contributed by atoms with Crippen molar-refractivity contribution in [3.8, 4) is 0 Å². The van der Waals surface area contributed by atoms with Crippen molar-refractivity contribution in [2.45, 2.75) is 13.1 Å². The van der Waals surface area contributed by atoms with Crippen LogP contribution in [0.3, 0.4) is 0 Å². The number of ether oxygens (including phenoxy) is 1. The smallest absolute Gasteiger partial charge is 0.418 e. The normalized spacial score (nSPS) is 16.0. The van der Waals surface area contributed by atoms with Gasteiger partial charge in [-0.15, -0.1) is 0 Å². The van der Waals surface area contributed by atoms with E-state index in [1.807, 2.05) is 0 Å². The summed E-state index contributed by atoms with van der Waals surface area (Å²) in [7, 11) is 0. The zero-order valence-corrected chi connectivity index (χ0v) is 10.4. The second kappa shape index (κ2) is 4.99. The minimum Gasteiger partial charge on any atom is -0.463 e. The van der Waals surface area contributed by atoms with Crippen LogP contribution in [-0.4, -0.2) is 18.5 Å². The van der Waals surface area contributed by atoms with Crippen LogP contribution in [0.25, 0.3) is 5.57 Å². The molecule has 0 radical (unpaired) electrons. The highest BCUT2D eigenvalue weighted by molar-refractivity contribution is 6.34. The molecular weight excluding hydrogens is 275 g/mol. The number of carbonyl (C=O) groups is 2. The predicted octanol–water partition coefficient (Wildman–Crippen LogP) is 2.60. The van der Waals surface area contributed by atoms with Gasteiger partial charge in [-0.1, -0.05) is 12.1 Å². The number of hydrogen-bond acceptors (Lipinski definition) is 3. The van der Waals surface area contributed by atoms with Crippen LogP contribution in [0.2, 0.25) is 0 Å². The van der Waals surface area contributed by atoms with Crippen molar-refractivity contribution in [3.05, 3.63) is 35.4 Å². The van der Waals surface area contributed by atoms with Gasteiger partial charge in [-0.25, -0.2) is 4.79 Å². The zero-order valence-electron chi connectivity index (χ0n) is 10.4. The standard InChI is InChI=1S/C13H10F3NO3/c1-2-20-10(18)6-8-7-4-3-5-9(13(14,15)16)11(7)17-12(8)19/h3-6H,2H2,1H3,(H,17,19). The van der Waals surface area contributed by atoms with E-state index < -0.39 is 23.6 Å². The topological polar surface area (TPSA) is 55.4 Å². The molecule has 1 heterocycles. The molecule has 0 spiro atoms. The summed E-state index contributed by atoms with van der Waals surface area (Å²) in [5, 5.41) is 2.14. The number of benzene rings is 1. The fourth-order valence-corrected chi connectivity index (χ4v) is 1.90. The Kier molecular flexibility index (Phi) is 3.52. The van der Waals surface area contributed by atoms with Crippen LogP contribution in [0.4, 0.5) is 18.9 Å². The molecule has 0 bridgehead atoms.